The Labute approximate surface area is 278 Å². The molecule has 2 saturated heterocycles. The molecule has 2 aliphatic rings. The molecule has 1 atom stereocenters. The van der Waals surface area contributed by atoms with Gasteiger partial charge in [0.1, 0.15) is 0 Å². The summed E-state index contributed by atoms with van der Waals surface area (Å²) in [6.45, 7) is 2.96. The minimum absolute atomic E-state index is 0.0752. The third-order valence-electron chi connectivity index (χ3n) is 8.08. The molecule has 0 aromatic heterocycles. The number of likely N-dealkylation sites (tertiary alicyclic amines) is 2. The molecule has 44 heavy (non-hydrogen) atoms. The number of benzene rings is 2. The van der Waals surface area contributed by atoms with E-state index in [4.69, 9.17) is 57.0 Å². The van der Waals surface area contributed by atoms with Crippen molar-refractivity contribution >= 4 is 69.8 Å². The SMILES string of the molecule is CN(C/C(=N\OCC(N)=O)C(CCN1CCC(N2CCCCC2=O)CC1)c1ccc(Cl)c(Cl)c1)C(=O)c1cc(Cl)cc(Cl)c1. The number of hydrogen-bond acceptors (Lipinski definition) is 6. The van der Waals surface area contributed by atoms with Crippen LogP contribution in [0, 0.1) is 0 Å². The van der Waals surface area contributed by atoms with Gasteiger partial charge in [-0.15, -0.1) is 0 Å². The number of carbonyl (C=O) groups is 3. The number of nitrogens with two attached hydrogens (primary N) is 1. The molecule has 13 heteroatoms. The highest BCUT2D eigenvalue weighted by molar-refractivity contribution is 6.42. The fourth-order valence-corrected chi connectivity index (χ4v) is 6.66. The Kier molecular flexibility index (Phi) is 12.6. The topological polar surface area (TPSA) is 109 Å². The third kappa shape index (κ3) is 9.47. The minimum Gasteiger partial charge on any atom is -0.386 e. The second kappa shape index (κ2) is 16.1. The number of rotatable bonds is 12. The number of piperidine rings is 2. The second-order valence-corrected chi connectivity index (χ2v) is 13.0. The number of primary amides is 1. The maximum atomic E-state index is 13.4. The number of nitrogens with zero attached hydrogens (tertiary/aromatic N) is 4. The van der Waals surface area contributed by atoms with Crippen molar-refractivity contribution in [2.45, 2.75) is 50.5 Å². The monoisotopic (exact) mass is 683 g/mol. The van der Waals surface area contributed by atoms with Crippen LogP contribution in [0.5, 0.6) is 0 Å². The van der Waals surface area contributed by atoms with Gasteiger partial charge in [-0.1, -0.05) is 57.6 Å². The molecule has 0 spiro atoms. The van der Waals surface area contributed by atoms with Gasteiger partial charge in [0.15, 0.2) is 6.61 Å². The fraction of sp³-hybridized carbons (Fsp3) is 0.484. The lowest BCUT2D eigenvalue weighted by Gasteiger charge is -2.40. The van der Waals surface area contributed by atoms with Crippen LogP contribution in [0.3, 0.4) is 0 Å². The first-order chi connectivity index (χ1) is 21.0. The second-order valence-electron chi connectivity index (χ2n) is 11.3. The molecule has 2 N–H and O–H groups in total. The highest BCUT2D eigenvalue weighted by atomic mass is 35.5. The van der Waals surface area contributed by atoms with Crippen molar-refractivity contribution < 1.29 is 19.2 Å². The molecule has 0 saturated carbocycles. The normalized spacial score (nSPS) is 17.4. The van der Waals surface area contributed by atoms with E-state index in [0.717, 1.165) is 57.4 Å². The fourth-order valence-electron chi connectivity index (χ4n) is 5.83. The molecule has 1 unspecified atom stereocenters. The Bertz CT molecular complexity index is 1360. The summed E-state index contributed by atoms with van der Waals surface area (Å²) in [6.07, 6.45) is 5.15. The van der Waals surface area contributed by atoms with E-state index in [-0.39, 0.29) is 30.3 Å². The lowest BCUT2D eigenvalue weighted by molar-refractivity contribution is -0.136. The average molecular weight is 685 g/mol. The quantitative estimate of drug-likeness (QED) is 0.222. The Hall–Kier alpha value is -2.56. The predicted octanol–water partition coefficient (Wildman–Crippen LogP) is 5.88. The third-order valence-corrected chi connectivity index (χ3v) is 9.26. The lowest BCUT2D eigenvalue weighted by Crippen LogP contribution is -2.49. The largest absolute Gasteiger partial charge is 0.386 e. The van der Waals surface area contributed by atoms with Gasteiger partial charge in [-0.25, -0.2) is 0 Å². The van der Waals surface area contributed by atoms with Gasteiger partial charge in [0.2, 0.25) is 5.91 Å². The van der Waals surface area contributed by atoms with Crippen molar-refractivity contribution in [2.75, 3.05) is 46.4 Å². The summed E-state index contributed by atoms with van der Waals surface area (Å²) in [5.41, 5.74) is 6.96. The van der Waals surface area contributed by atoms with E-state index in [0.29, 0.717) is 44.2 Å². The first kappa shape index (κ1) is 34.3. The summed E-state index contributed by atoms with van der Waals surface area (Å²) < 4.78 is 0. The highest BCUT2D eigenvalue weighted by Gasteiger charge is 2.30. The molecule has 0 bridgehead atoms. The summed E-state index contributed by atoms with van der Waals surface area (Å²) in [5.74, 6) is -1.06. The van der Waals surface area contributed by atoms with Crippen molar-refractivity contribution in [1.82, 2.24) is 14.7 Å². The molecule has 3 amide bonds. The molecule has 2 heterocycles. The van der Waals surface area contributed by atoms with Crippen LogP contribution in [0.4, 0.5) is 0 Å². The summed E-state index contributed by atoms with van der Waals surface area (Å²) in [5, 5.41) is 5.81. The zero-order valence-electron chi connectivity index (χ0n) is 24.6. The number of amides is 3. The first-order valence-electron chi connectivity index (χ1n) is 14.7. The maximum absolute atomic E-state index is 13.4. The summed E-state index contributed by atoms with van der Waals surface area (Å²) in [7, 11) is 1.64. The molecule has 2 aliphatic heterocycles. The van der Waals surface area contributed by atoms with E-state index < -0.39 is 12.5 Å². The standard InChI is InChI=1S/C31H37Cl4N5O4/c1-38(31(43)21-14-22(32)17-23(33)15-21)18-28(37-44-19-29(36)41)25(20-5-6-26(34)27(35)16-20)9-13-39-11-7-24(8-12-39)40-10-3-2-4-30(40)42/h5-6,14-17,24-25H,2-4,7-13,18-19H2,1H3,(H2,36,41)/b37-28+. The van der Waals surface area contributed by atoms with Crippen LogP contribution in [0.25, 0.3) is 0 Å². The Morgan fingerprint density at radius 2 is 1.73 bits per heavy atom. The maximum Gasteiger partial charge on any atom is 0.258 e. The van der Waals surface area contributed by atoms with Crippen LogP contribution >= 0.6 is 46.4 Å². The van der Waals surface area contributed by atoms with Crippen LogP contribution < -0.4 is 5.73 Å². The average Bonchev–Trinajstić information content (AvgIpc) is 2.98. The molecular formula is C31H37Cl4N5O4. The van der Waals surface area contributed by atoms with Crippen LogP contribution in [0.2, 0.25) is 20.1 Å². The van der Waals surface area contributed by atoms with Gasteiger partial charge >= 0.3 is 0 Å². The van der Waals surface area contributed by atoms with Crippen molar-refractivity contribution in [1.29, 1.82) is 0 Å². The summed E-state index contributed by atoms with van der Waals surface area (Å²) in [4.78, 5) is 48.6. The number of halogens is 4. The predicted molar refractivity (Wildman–Crippen MR) is 175 cm³/mol. The van der Waals surface area contributed by atoms with Gasteiger partial charge in [0.05, 0.1) is 22.3 Å². The van der Waals surface area contributed by atoms with Crippen molar-refractivity contribution in [3.63, 3.8) is 0 Å². The first-order valence-corrected chi connectivity index (χ1v) is 16.2. The Morgan fingerprint density at radius 3 is 2.36 bits per heavy atom. The summed E-state index contributed by atoms with van der Waals surface area (Å²) in [6, 6.07) is 10.3. The Balaban J connectivity index is 1.54. The van der Waals surface area contributed by atoms with Crippen LogP contribution in [0.15, 0.2) is 41.6 Å². The number of oxime groups is 1. The van der Waals surface area contributed by atoms with Crippen molar-refractivity contribution in [2.24, 2.45) is 10.9 Å². The van der Waals surface area contributed by atoms with E-state index in [1.54, 1.807) is 37.4 Å². The van der Waals surface area contributed by atoms with E-state index in [9.17, 15) is 14.4 Å². The summed E-state index contributed by atoms with van der Waals surface area (Å²) >= 11 is 25.0. The molecule has 4 rings (SSSR count). The molecule has 2 aromatic carbocycles. The van der Waals surface area contributed by atoms with Crippen LogP contribution in [-0.4, -0.2) is 90.6 Å². The van der Waals surface area contributed by atoms with Crippen molar-refractivity contribution in [3.05, 3.63) is 67.6 Å². The van der Waals surface area contributed by atoms with Gasteiger partial charge in [-0.3, -0.25) is 14.4 Å². The minimum atomic E-state index is -0.674. The van der Waals surface area contributed by atoms with E-state index in [2.05, 4.69) is 15.0 Å². The molecule has 9 nitrogen and oxygen atoms in total. The van der Waals surface area contributed by atoms with Gasteiger partial charge in [0, 0.05) is 60.7 Å². The molecular weight excluding hydrogens is 648 g/mol. The Morgan fingerprint density at radius 1 is 1.02 bits per heavy atom. The number of hydrogen-bond donors (Lipinski definition) is 1. The molecule has 0 radical (unpaired) electrons. The number of carbonyl (C=O) groups excluding carboxylic acids is 3. The zero-order valence-corrected chi connectivity index (χ0v) is 27.6. The van der Waals surface area contributed by atoms with Crippen molar-refractivity contribution in [3.8, 4) is 0 Å². The van der Waals surface area contributed by atoms with E-state index >= 15 is 0 Å². The van der Waals surface area contributed by atoms with E-state index in [1.807, 2.05) is 6.07 Å². The van der Waals surface area contributed by atoms with Crippen LogP contribution in [-0.2, 0) is 14.4 Å². The van der Waals surface area contributed by atoms with E-state index in [1.165, 1.54) is 4.90 Å². The van der Waals surface area contributed by atoms with Gasteiger partial charge < -0.3 is 25.3 Å². The highest BCUT2D eigenvalue weighted by Crippen LogP contribution is 2.31. The molecule has 238 valence electrons. The van der Waals surface area contributed by atoms with Gasteiger partial charge in [-0.05, 0) is 74.5 Å². The van der Waals surface area contributed by atoms with Gasteiger partial charge in [-0.2, -0.15) is 0 Å². The lowest BCUT2D eigenvalue weighted by atomic mass is 9.89. The smallest absolute Gasteiger partial charge is 0.258 e. The molecule has 0 aliphatic carbocycles. The zero-order chi connectivity index (χ0) is 31.8. The molecule has 2 fully saturated rings. The van der Waals surface area contributed by atoms with Crippen LogP contribution in [0.1, 0.15) is 60.4 Å². The van der Waals surface area contributed by atoms with Gasteiger partial charge in [0.25, 0.3) is 11.8 Å². The molecule has 2 aromatic rings.